The Labute approximate surface area is 99.7 Å². The fourth-order valence-corrected chi connectivity index (χ4v) is 1.11. The van der Waals surface area contributed by atoms with Gasteiger partial charge in [-0.1, -0.05) is 0 Å². The number of hydrogen-bond acceptors (Lipinski definition) is 4. The number of H-pyrrole nitrogens is 1. The minimum absolute atomic E-state index is 0.306. The van der Waals surface area contributed by atoms with E-state index >= 15 is 0 Å². The quantitative estimate of drug-likeness (QED) is 0.766. The van der Waals surface area contributed by atoms with Crippen molar-refractivity contribution in [2.75, 3.05) is 0 Å². The van der Waals surface area contributed by atoms with E-state index in [4.69, 9.17) is 4.74 Å². The van der Waals surface area contributed by atoms with Gasteiger partial charge in [-0.2, -0.15) is 5.10 Å². The number of aromatic amines is 1. The summed E-state index contributed by atoms with van der Waals surface area (Å²) in [4.78, 5) is 23.2. The molecule has 1 amide bonds. The number of nitrogens with one attached hydrogen (secondary N) is 2. The van der Waals surface area contributed by atoms with Gasteiger partial charge < -0.3 is 10.1 Å². The Balaban J connectivity index is 2.52. The van der Waals surface area contributed by atoms with Crippen LogP contribution in [-0.4, -0.2) is 33.7 Å². The second kappa shape index (κ2) is 4.99. The predicted octanol–water partition coefficient (Wildman–Crippen LogP) is 0.870. The van der Waals surface area contributed by atoms with E-state index in [1.54, 1.807) is 27.7 Å². The summed E-state index contributed by atoms with van der Waals surface area (Å²) in [5.41, 5.74) is -0.259. The second-order valence-electron chi connectivity index (χ2n) is 4.70. The minimum Gasteiger partial charge on any atom is -0.458 e. The maximum atomic E-state index is 11.6. The largest absolute Gasteiger partial charge is 0.458 e. The zero-order chi connectivity index (χ0) is 13.1. The van der Waals surface area contributed by atoms with Gasteiger partial charge in [0.05, 0.1) is 0 Å². The van der Waals surface area contributed by atoms with Crippen molar-refractivity contribution in [2.45, 2.75) is 39.3 Å². The molecule has 1 rings (SSSR count). The van der Waals surface area contributed by atoms with Crippen LogP contribution in [0.5, 0.6) is 0 Å². The fourth-order valence-electron chi connectivity index (χ4n) is 1.11. The molecule has 1 aromatic rings. The monoisotopic (exact) mass is 239 g/mol. The van der Waals surface area contributed by atoms with E-state index in [0.717, 1.165) is 0 Å². The molecule has 6 nitrogen and oxygen atoms in total. The molecule has 1 atom stereocenters. The topological polar surface area (TPSA) is 84.1 Å². The fraction of sp³-hybridized carbons (Fsp3) is 0.545. The maximum absolute atomic E-state index is 11.6. The van der Waals surface area contributed by atoms with Crippen molar-refractivity contribution in [1.82, 2.24) is 15.5 Å². The molecule has 0 unspecified atom stereocenters. The summed E-state index contributed by atoms with van der Waals surface area (Å²) in [5, 5.41) is 8.69. The first-order valence-corrected chi connectivity index (χ1v) is 5.33. The van der Waals surface area contributed by atoms with Gasteiger partial charge in [0, 0.05) is 6.20 Å². The summed E-state index contributed by atoms with van der Waals surface area (Å²) in [6.07, 6.45) is 1.47. The lowest BCUT2D eigenvalue weighted by Crippen LogP contribution is -2.42. The SMILES string of the molecule is C[C@H](NC(=O)c1ccn[nH]1)C(=O)OC(C)(C)C. The van der Waals surface area contributed by atoms with Crippen molar-refractivity contribution in [2.24, 2.45) is 0 Å². The van der Waals surface area contributed by atoms with Gasteiger partial charge in [0.2, 0.25) is 0 Å². The standard InChI is InChI=1S/C11H17N3O3/c1-7(10(16)17-11(2,3)4)13-9(15)8-5-6-12-14-8/h5-7H,1-4H3,(H,12,14)(H,13,15)/t7-/m0/s1. The van der Waals surface area contributed by atoms with Crippen molar-refractivity contribution in [3.05, 3.63) is 18.0 Å². The van der Waals surface area contributed by atoms with Crippen LogP contribution in [0.15, 0.2) is 12.3 Å². The highest BCUT2D eigenvalue weighted by atomic mass is 16.6. The lowest BCUT2D eigenvalue weighted by Gasteiger charge is -2.22. The first kappa shape index (κ1) is 13.2. The van der Waals surface area contributed by atoms with E-state index in [2.05, 4.69) is 15.5 Å². The molecule has 0 fully saturated rings. The third-order valence-corrected chi connectivity index (χ3v) is 1.85. The van der Waals surface area contributed by atoms with Crippen molar-refractivity contribution in [3.8, 4) is 0 Å². The van der Waals surface area contributed by atoms with Gasteiger partial charge in [-0.15, -0.1) is 0 Å². The van der Waals surface area contributed by atoms with Gasteiger partial charge in [0.25, 0.3) is 5.91 Å². The molecule has 0 saturated heterocycles. The Morgan fingerprint density at radius 2 is 2.12 bits per heavy atom. The number of rotatable bonds is 3. The highest BCUT2D eigenvalue weighted by Crippen LogP contribution is 2.08. The zero-order valence-electron chi connectivity index (χ0n) is 10.4. The average molecular weight is 239 g/mol. The highest BCUT2D eigenvalue weighted by Gasteiger charge is 2.23. The molecule has 0 aliphatic rings. The molecule has 0 radical (unpaired) electrons. The third kappa shape index (κ3) is 4.26. The predicted molar refractivity (Wildman–Crippen MR) is 61.4 cm³/mol. The second-order valence-corrected chi connectivity index (χ2v) is 4.70. The van der Waals surface area contributed by atoms with E-state index in [1.807, 2.05) is 0 Å². The molecule has 6 heteroatoms. The summed E-state index contributed by atoms with van der Waals surface area (Å²) in [6, 6.07) is 0.821. The van der Waals surface area contributed by atoms with Gasteiger partial charge in [-0.3, -0.25) is 9.89 Å². The summed E-state index contributed by atoms with van der Waals surface area (Å²) < 4.78 is 5.14. The Bertz CT molecular complexity index is 393. The molecule has 1 aromatic heterocycles. The number of esters is 1. The Morgan fingerprint density at radius 1 is 1.47 bits per heavy atom. The molecule has 0 spiro atoms. The molecule has 17 heavy (non-hydrogen) atoms. The summed E-state index contributed by atoms with van der Waals surface area (Å²) in [5.74, 6) is -0.855. The molecule has 1 heterocycles. The Kier molecular flexibility index (Phi) is 3.88. The number of ether oxygens (including phenoxy) is 1. The molecule has 0 aliphatic heterocycles. The van der Waals surface area contributed by atoms with E-state index in [9.17, 15) is 9.59 Å². The first-order chi connectivity index (χ1) is 7.79. The molecule has 94 valence electrons. The zero-order valence-corrected chi connectivity index (χ0v) is 10.4. The number of nitrogens with zero attached hydrogens (tertiary/aromatic N) is 1. The van der Waals surface area contributed by atoms with E-state index in [0.29, 0.717) is 5.69 Å². The van der Waals surface area contributed by atoms with Crippen LogP contribution in [0.3, 0.4) is 0 Å². The van der Waals surface area contributed by atoms with Crippen LogP contribution in [-0.2, 0) is 9.53 Å². The van der Waals surface area contributed by atoms with Gasteiger partial charge in [-0.25, -0.2) is 4.79 Å². The molecule has 0 saturated carbocycles. The summed E-state index contributed by atoms with van der Waals surface area (Å²) in [6.45, 7) is 6.89. The van der Waals surface area contributed by atoms with E-state index < -0.39 is 17.6 Å². The molecule has 0 aliphatic carbocycles. The van der Waals surface area contributed by atoms with Crippen molar-refractivity contribution >= 4 is 11.9 Å². The van der Waals surface area contributed by atoms with Crippen LogP contribution in [0.4, 0.5) is 0 Å². The number of amides is 1. The highest BCUT2D eigenvalue weighted by molar-refractivity contribution is 5.94. The smallest absolute Gasteiger partial charge is 0.328 e. The molecular weight excluding hydrogens is 222 g/mol. The van der Waals surface area contributed by atoms with Crippen LogP contribution < -0.4 is 5.32 Å². The normalized spacial score (nSPS) is 12.9. The van der Waals surface area contributed by atoms with Crippen LogP contribution in [0.1, 0.15) is 38.2 Å². The van der Waals surface area contributed by atoms with Crippen LogP contribution in [0.25, 0.3) is 0 Å². The number of carbonyl (C=O) groups excluding carboxylic acids is 2. The van der Waals surface area contributed by atoms with Crippen molar-refractivity contribution in [3.63, 3.8) is 0 Å². The third-order valence-electron chi connectivity index (χ3n) is 1.85. The Hall–Kier alpha value is -1.85. The molecule has 2 N–H and O–H groups in total. The van der Waals surface area contributed by atoms with Gasteiger partial charge in [-0.05, 0) is 33.8 Å². The lowest BCUT2D eigenvalue weighted by molar-refractivity contribution is -0.156. The molecular formula is C11H17N3O3. The van der Waals surface area contributed by atoms with Gasteiger partial charge in [0.15, 0.2) is 0 Å². The average Bonchev–Trinajstić information content (AvgIpc) is 2.67. The molecule has 0 aromatic carbocycles. The van der Waals surface area contributed by atoms with E-state index in [1.165, 1.54) is 12.3 Å². The number of carbonyl (C=O) groups is 2. The molecule has 0 bridgehead atoms. The van der Waals surface area contributed by atoms with E-state index in [-0.39, 0.29) is 5.91 Å². The number of hydrogen-bond donors (Lipinski definition) is 2. The van der Waals surface area contributed by atoms with Crippen molar-refractivity contribution < 1.29 is 14.3 Å². The van der Waals surface area contributed by atoms with Crippen LogP contribution in [0.2, 0.25) is 0 Å². The van der Waals surface area contributed by atoms with Gasteiger partial charge in [0.1, 0.15) is 17.3 Å². The van der Waals surface area contributed by atoms with Crippen molar-refractivity contribution in [1.29, 1.82) is 0 Å². The Morgan fingerprint density at radius 3 is 2.59 bits per heavy atom. The number of aromatic nitrogens is 2. The lowest BCUT2D eigenvalue weighted by atomic mass is 10.2. The minimum atomic E-state index is -0.704. The summed E-state index contributed by atoms with van der Waals surface area (Å²) >= 11 is 0. The van der Waals surface area contributed by atoms with Gasteiger partial charge >= 0.3 is 5.97 Å². The van der Waals surface area contributed by atoms with Crippen LogP contribution >= 0.6 is 0 Å². The van der Waals surface area contributed by atoms with Crippen LogP contribution in [0, 0.1) is 0 Å². The first-order valence-electron chi connectivity index (χ1n) is 5.33. The maximum Gasteiger partial charge on any atom is 0.328 e. The summed E-state index contributed by atoms with van der Waals surface area (Å²) in [7, 11) is 0.